The maximum Gasteiger partial charge on any atom is 0.341 e. The van der Waals surface area contributed by atoms with Crippen molar-refractivity contribution in [3.63, 3.8) is 0 Å². The van der Waals surface area contributed by atoms with Gasteiger partial charge in [-0.1, -0.05) is 0 Å². The van der Waals surface area contributed by atoms with E-state index in [2.05, 4.69) is 9.91 Å². The number of hydrogen-bond donors (Lipinski definition) is 0. The summed E-state index contributed by atoms with van der Waals surface area (Å²) in [5.41, 5.74) is 0.498. The Morgan fingerprint density at radius 2 is 2.20 bits per heavy atom. The molecular formula is C10H11NO4. The molecule has 0 heterocycles. The van der Waals surface area contributed by atoms with Gasteiger partial charge in [-0.05, 0) is 24.2 Å². The highest BCUT2D eigenvalue weighted by atomic mass is 16.5. The fourth-order valence-corrected chi connectivity index (χ4v) is 1.12. The van der Waals surface area contributed by atoms with E-state index < -0.39 is 5.97 Å². The molecule has 0 aliphatic carbocycles. The zero-order chi connectivity index (χ0) is 11.3. The van der Waals surface area contributed by atoms with Gasteiger partial charge in [-0.2, -0.15) is 0 Å². The fraction of sp³-hybridized carbons (Fsp3) is 0.300. The average molecular weight is 209 g/mol. The highest BCUT2D eigenvalue weighted by molar-refractivity contribution is 5.93. The predicted molar refractivity (Wildman–Crippen MR) is 54.4 cm³/mol. The third-order valence-electron chi connectivity index (χ3n) is 1.78. The van der Waals surface area contributed by atoms with Crippen molar-refractivity contribution < 1.29 is 14.3 Å². The maximum absolute atomic E-state index is 11.3. The smallest absolute Gasteiger partial charge is 0.341 e. The van der Waals surface area contributed by atoms with E-state index in [9.17, 15) is 9.70 Å². The summed E-state index contributed by atoms with van der Waals surface area (Å²) >= 11 is 0. The number of carbonyl (C=O) groups excluding carboxylic acids is 1. The standard InChI is InChI=1S/C10H11NO4/c1-3-15-9-6-7(11-13)4-5-8(9)10(12)14-2/h4-6H,3H2,1-2H3. The minimum atomic E-state index is -0.504. The van der Waals surface area contributed by atoms with Crippen LogP contribution in [0.3, 0.4) is 0 Å². The summed E-state index contributed by atoms with van der Waals surface area (Å²) < 4.78 is 9.77. The van der Waals surface area contributed by atoms with Gasteiger partial charge in [-0.3, -0.25) is 0 Å². The lowest BCUT2D eigenvalue weighted by Crippen LogP contribution is -2.05. The molecule has 15 heavy (non-hydrogen) atoms. The Morgan fingerprint density at radius 3 is 2.73 bits per heavy atom. The summed E-state index contributed by atoms with van der Waals surface area (Å²) in [6.07, 6.45) is 0. The molecule has 0 saturated heterocycles. The second-order valence-electron chi connectivity index (χ2n) is 2.70. The minimum absolute atomic E-state index is 0.214. The number of methoxy groups -OCH3 is 1. The molecule has 5 nitrogen and oxygen atoms in total. The largest absolute Gasteiger partial charge is 0.493 e. The van der Waals surface area contributed by atoms with E-state index in [-0.39, 0.29) is 11.3 Å². The van der Waals surface area contributed by atoms with Crippen LogP contribution in [0.1, 0.15) is 17.3 Å². The Morgan fingerprint density at radius 1 is 1.47 bits per heavy atom. The van der Waals surface area contributed by atoms with Crippen molar-refractivity contribution >= 4 is 11.7 Å². The minimum Gasteiger partial charge on any atom is -0.493 e. The van der Waals surface area contributed by atoms with Gasteiger partial charge in [0.05, 0.1) is 13.7 Å². The molecule has 1 aromatic carbocycles. The summed E-state index contributed by atoms with van der Waals surface area (Å²) in [6, 6.07) is 4.29. The molecule has 1 rings (SSSR count). The molecule has 0 bridgehead atoms. The molecule has 0 unspecified atom stereocenters. The Labute approximate surface area is 87.0 Å². The Bertz CT molecular complexity index is 376. The molecule has 80 valence electrons. The summed E-state index contributed by atoms with van der Waals surface area (Å²) in [5.74, 6) is -0.197. The molecule has 0 amide bonds. The first kappa shape index (κ1) is 11.2. The number of ether oxygens (including phenoxy) is 2. The molecular weight excluding hydrogens is 198 g/mol. The fourth-order valence-electron chi connectivity index (χ4n) is 1.12. The van der Waals surface area contributed by atoms with E-state index in [4.69, 9.17) is 4.74 Å². The van der Waals surface area contributed by atoms with Crippen LogP contribution in [0.25, 0.3) is 0 Å². The van der Waals surface area contributed by atoms with Gasteiger partial charge in [0.2, 0.25) is 0 Å². The van der Waals surface area contributed by atoms with Crippen molar-refractivity contribution in [3.05, 3.63) is 28.7 Å². The predicted octanol–water partition coefficient (Wildman–Crippen LogP) is 2.27. The lowest BCUT2D eigenvalue weighted by atomic mass is 10.2. The lowest BCUT2D eigenvalue weighted by molar-refractivity contribution is 0.0596. The number of nitroso groups, excluding NO2 is 1. The zero-order valence-electron chi connectivity index (χ0n) is 8.52. The van der Waals surface area contributed by atoms with Gasteiger partial charge in [-0.15, -0.1) is 4.91 Å². The van der Waals surface area contributed by atoms with E-state index in [1.165, 1.54) is 25.3 Å². The van der Waals surface area contributed by atoms with E-state index in [1.807, 2.05) is 0 Å². The summed E-state index contributed by atoms with van der Waals surface area (Å²) in [4.78, 5) is 21.6. The molecule has 1 aromatic rings. The molecule has 0 aliphatic rings. The monoisotopic (exact) mass is 209 g/mol. The van der Waals surface area contributed by atoms with Crippen molar-refractivity contribution in [2.24, 2.45) is 5.18 Å². The summed E-state index contributed by atoms with van der Waals surface area (Å²) in [7, 11) is 1.28. The van der Waals surface area contributed by atoms with Gasteiger partial charge in [0.25, 0.3) is 0 Å². The molecule has 0 radical (unpaired) electrons. The van der Waals surface area contributed by atoms with Gasteiger partial charge in [0.1, 0.15) is 17.0 Å². The molecule has 0 aromatic heterocycles. The molecule has 0 aliphatic heterocycles. The van der Waals surface area contributed by atoms with Gasteiger partial charge in [0.15, 0.2) is 0 Å². The first-order chi connectivity index (χ1) is 7.22. The number of carbonyl (C=O) groups is 1. The van der Waals surface area contributed by atoms with E-state index >= 15 is 0 Å². The number of nitrogens with zero attached hydrogens (tertiary/aromatic N) is 1. The summed E-state index contributed by atoms with van der Waals surface area (Å²) in [6.45, 7) is 2.17. The average Bonchev–Trinajstić information content (AvgIpc) is 2.28. The Balaban J connectivity index is 3.14. The number of hydrogen-bond acceptors (Lipinski definition) is 5. The first-order valence-electron chi connectivity index (χ1n) is 4.41. The van der Waals surface area contributed by atoms with Crippen molar-refractivity contribution in [1.82, 2.24) is 0 Å². The topological polar surface area (TPSA) is 65.0 Å². The van der Waals surface area contributed by atoms with Crippen LogP contribution in [0.5, 0.6) is 5.75 Å². The van der Waals surface area contributed by atoms with Crippen LogP contribution in [0.4, 0.5) is 5.69 Å². The van der Waals surface area contributed by atoms with Crippen LogP contribution >= 0.6 is 0 Å². The molecule has 0 spiro atoms. The number of benzene rings is 1. The van der Waals surface area contributed by atoms with Crippen molar-refractivity contribution in [1.29, 1.82) is 0 Å². The highest BCUT2D eigenvalue weighted by Crippen LogP contribution is 2.25. The molecule has 5 heteroatoms. The molecule has 0 fully saturated rings. The van der Waals surface area contributed by atoms with Gasteiger partial charge in [0, 0.05) is 6.07 Å². The first-order valence-corrected chi connectivity index (χ1v) is 4.41. The lowest BCUT2D eigenvalue weighted by Gasteiger charge is -2.08. The second-order valence-corrected chi connectivity index (χ2v) is 2.70. The quantitative estimate of drug-likeness (QED) is 0.563. The van der Waals surface area contributed by atoms with Crippen LogP contribution in [-0.2, 0) is 4.74 Å². The van der Waals surface area contributed by atoms with E-state index in [0.29, 0.717) is 12.4 Å². The normalized spacial score (nSPS) is 9.47. The third kappa shape index (κ3) is 2.52. The van der Waals surface area contributed by atoms with Crippen LogP contribution < -0.4 is 4.74 Å². The second kappa shape index (κ2) is 5.09. The Kier molecular flexibility index (Phi) is 3.79. The number of rotatable bonds is 4. The van der Waals surface area contributed by atoms with Gasteiger partial charge < -0.3 is 9.47 Å². The SMILES string of the molecule is CCOc1cc(N=O)ccc1C(=O)OC. The third-order valence-corrected chi connectivity index (χ3v) is 1.78. The zero-order valence-corrected chi connectivity index (χ0v) is 8.52. The highest BCUT2D eigenvalue weighted by Gasteiger charge is 2.13. The van der Waals surface area contributed by atoms with Crippen molar-refractivity contribution in [2.45, 2.75) is 6.92 Å². The van der Waals surface area contributed by atoms with Crippen LogP contribution in [0, 0.1) is 4.91 Å². The maximum atomic E-state index is 11.3. The molecule has 0 saturated carbocycles. The summed E-state index contributed by atoms with van der Waals surface area (Å²) in [5, 5.41) is 2.76. The number of esters is 1. The molecule has 0 atom stereocenters. The van der Waals surface area contributed by atoms with Crippen molar-refractivity contribution in [3.8, 4) is 5.75 Å². The van der Waals surface area contributed by atoms with Crippen LogP contribution in [0.2, 0.25) is 0 Å². The van der Waals surface area contributed by atoms with E-state index in [1.54, 1.807) is 6.92 Å². The Hall–Kier alpha value is -1.91. The van der Waals surface area contributed by atoms with Crippen molar-refractivity contribution in [2.75, 3.05) is 13.7 Å². The van der Waals surface area contributed by atoms with Gasteiger partial charge in [-0.25, -0.2) is 4.79 Å². The van der Waals surface area contributed by atoms with E-state index in [0.717, 1.165) is 0 Å². The van der Waals surface area contributed by atoms with Crippen LogP contribution in [0.15, 0.2) is 23.4 Å². The van der Waals surface area contributed by atoms with Crippen LogP contribution in [-0.4, -0.2) is 19.7 Å². The van der Waals surface area contributed by atoms with Gasteiger partial charge >= 0.3 is 5.97 Å². The molecule has 0 N–H and O–H groups in total.